The molecule has 0 bridgehead atoms. The van der Waals surface area contributed by atoms with E-state index >= 15 is 0 Å². The summed E-state index contributed by atoms with van der Waals surface area (Å²) in [5.74, 6) is 1.60. The Balaban J connectivity index is 1.26. The highest BCUT2D eigenvalue weighted by atomic mass is 35.5. The van der Waals surface area contributed by atoms with Crippen LogP contribution in [-0.2, 0) is 10.5 Å². The van der Waals surface area contributed by atoms with Crippen molar-refractivity contribution in [3.05, 3.63) is 120 Å². The lowest BCUT2D eigenvalue weighted by molar-refractivity contribution is -0.113. The number of para-hydroxylation sites is 2. The van der Waals surface area contributed by atoms with E-state index in [4.69, 9.17) is 21.7 Å². The van der Waals surface area contributed by atoms with Crippen molar-refractivity contribution in [2.45, 2.75) is 15.8 Å². The number of carbonyl (C=O) groups excluding carboxylic acids is 1. The van der Waals surface area contributed by atoms with Crippen LogP contribution in [-0.4, -0.2) is 26.4 Å². The molecule has 1 N–H and O–H groups in total. The largest absolute Gasteiger partial charge is 0.324 e. The number of rotatable bonds is 9. The van der Waals surface area contributed by atoms with E-state index in [1.54, 1.807) is 11.8 Å². The van der Waals surface area contributed by atoms with Gasteiger partial charge in [-0.25, -0.2) is 9.67 Å². The van der Waals surface area contributed by atoms with Gasteiger partial charge in [0, 0.05) is 21.2 Å². The maximum atomic E-state index is 12.9. The number of carbonyl (C=O) groups is 1. The number of halogens is 1. The quantitative estimate of drug-likeness (QED) is 0.194. The minimum absolute atomic E-state index is 0.109. The summed E-state index contributed by atoms with van der Waals surface area (Å²) in [5, 5.41) is 9.01. The fourth-order valence-electron chi connectivity index (χ4n) is 3.63. The van der Waals surface area contributed by atoms with Gasteiger partial charge in [-0.15, -0.1) is 16.9 Å². The van der Waals surface area contributed by atoms with Crippen molar-refractivity contribution in [1.82, 2.24) is 14.8 Å². The van der Waals surface area contributed by atoms with Crippen molar-refractivity contribution < 1.29 is 4.79 Å². The molecular weight excluding hydrogens is 520 g/mol. The molecule has 0 radical (unpaired) electrons. The number of hydrogen-bond acceptors (Lipinski definition) is 5. The Bertz CT molecular complexity index is 1420. The average molecular weight is 543 g/mol. The zero-order valence-electron chi connectivity index (χ0n) is 19.8. The topological polar surface area (TPSA) is 59.8 Å². The van der Waals surface area contributed by atoms with Crippen LogP contribution in [0.15, 0.2) is 119 Å². The Labute approximate surface area is 229 Å². The molecule has 184 valence electrons. The maximum absolute atomic E-state index is 12.9. The van der Waals surface area contributed by atoms with Crippen molar-refractivity contribution in [3.63, 3.8) is 0 Å². The summed E-state index contributed by atoms with van der Waals surface area (Å²) >= 11 is 8.98. The number of nitrogens with zero attached hydrogens (tertiary/aromatic N) is 3. The number of hydrogen-bond donors (Lipinski definition) is 1. The van der Waals surface area contributed by atoms with Crippen LogP contribution in [0.1, 0.15) is 5.56 Å². The van der Waals surface area contributed by atoms with Crippen molar-refractivity contribution in [2.75, 3.05) is 11.1 Å². The van der Waals surface area contributed by atoms with Gasteiger partial charge in [0.2, 0.25) is 11.1 Å². The summed E-state index contributed by atoms with van der Waals surface area (Å²) in [7, 11) is 0. The van der Waals surface area contributed by atoms with Gasteiger partial charge < -0.3 is 5.32 Å². The molecule has 5 nitrogen and oxygen atoms in total. The molecule has 0 aliphatic heterocycles. The lowest BCUT2D eigenvalue weighted by Gasteiger charge is -2.10. The number of benzene rings is 4. The van der Waals surface area contributed by atoms with Crippen LogP contribution in [0.2, 0.25) is 5.02 Å². The fraction of sp³-hybridized carbons (Fsp3) is 0.0690. The zero-order chi connectivity index (χ0) is 25.5. The number of amides is 1. The molecule has 5 aromatic rings. The zero-order valence-corrected chi connectivity index (χ0v) is 22.1. The first kappa shape index (κ1) is 25.1. The molecule has 1 amide bonds. The van der Waals surface area contributed by atoms with Gasteiger partial charge in [-0.3, -0.25) is 4.79 Å². The van der Waals surface area contributed by atoms with E-state index in [0.717, 1.165) is 38.4 Å². The minimum atomic E-state index is -0.109. The molecule has 5 rings (SSSR count). The molecule has 1 heterocycles. The monoisotopic (exact) mass is 542 g/mol. The lowest BCUT2D eigenvalue weighted by atomic mass is 10.2. The van der Waals surface area contributed by atoms with E-state index in [0.29, 0.717) is 5.16 Å². The van der Waals surface area contributed by atoms with E-state index in [1.165, 1.54) is 17.3 Å². The molecule has 0 saturated heterocycles. The van der Waals surface area contributed by atoms with Crippen molar-refractivity contribution in [2.24, 2.45) is 0 Å². The SMILES string of the molecule is O=C(CSc1nc(-c2ccccc2)n(-c2ccccc2)n1)Nc1ccccc1SCc1ccc(Cl)cc1. The van der Waals surface area contributed by atoms with Crippen LogP contribution in [0, 0.1) is 0 Å². The van der Waals surface area contributed by atoms with E-state index in [-0.39, 0.29) is 11.7 Å². The van der Waals surface area contributed by atoms with E-state index in [9.17, 15) is 4.79 Å². The summed E-state index contributed by atoms with van der Waals surface area (Å²) in [6.45, 7) is 0. The second-order valence-corrected chi connectivity index (χ2v) is 10.5. The maximum Gasteiger partial charge on any atom is 0.234 e. The third kappa shape index (κ3) is 6.63. The Morgan fingerprint density at radius 2 is 1.49 bits per heavy atom. The molecule has 8 heteroatoms. The second-order valence-electron chi connectivity index (χ2n) is 8.08. The van der Waals surface area contributed by atoms with Gasteiger partial charge in [0.15, 0.2) is 5.82 Å². The predicted octanol–water partition coefficient (Wildman–Crippen LogP) is 7.61. The van der Waals surface area contributed by atoms with E-state index in [1.807, 2.05) is 114 Å². The normalized spacial score (nSPS) is 10.8. The Morgan fingerprint density at radius 3 is 2.24 bits per heavy atom. The Kier molecular flexibility index (Phi) is 8.25. The highest BCUT2D eigenvalue weighted by Crippen LogP contribution is 2.31. The smallest absolute Gasteiger partial charge is 0.234 e. The number of nitrogens with one attached hydrogen (secondary N) is 1. The lowest BCUT2D eigenvalue weighted by Crippen LogP contribution is -2.14. The number of anilines is 1. The van der Waals surface area contributed by atoms with Gasteiger partial charge in [-0.2, -0.15) is 0 Å². The highest BCUT2D eigenvalue weighted by Gasteiger charge is 2.16. The number of aromatic nitrogens is 3. The molecule has 4 aromatic carbocycles. The average Bonchev–Trinajstić information content (AvgIpc) is 3.38. The third-order valence-corrected chi connectivity index (χ3v) is 7.66. The predicted molar refractivity (Wildman–Crippen MR) is 154 cm³/mol. The molecule has 0 atom stereocenters. The molecule has 0 saturated carbocycles. The van der Waals surface area contributed by atoms with Gasteiger partial charge in [-0.1, -0.05) is 96.2 Å². The van der Waals surface area contributed by atoms with Gasteiger partial charge in [0.05, 0.1) is 17.1 Å². The van der Waals surface area contributed by atoms with Gasteiger partial charge in [0.25, 0.3) is 0 Å². The fourth-order valence-corrected chi connectivity index (χ4v) is 5.34. The second kappa shape index (κ2) is 12.1. The van der Waals surface area contributed by atoms with Crippen LogP contribution in [0.25, 0.3) is 17.1 Å². The van der Waals surface area contributed by atoms with Crippen molar-refractivity contribution in [3.8, 4) is 17.1 Å². The number of thioether (sulfide) groups is 2. The van der Waals surface area contributed by atoms with Gasteiger partial charge in [-0.05, 0) is 42.0 Å². The van der Waals surface area contributed by atoms with Crippen molar-refractivity contribution >= 4 is 46.7 Å². The van der Waals surface area contributed by atoms with Crippen LogP contribution < -0.4 is 5.32 Å². The minimum Gasteiger partial charge on any atom is -0.324 e. The Hall–Kier alpha value is -3.52. The highest BCUT2D eigenvalue weighted by molar-refractivity contribution is 7.99. The first-order valence-corrected chi connectivity index (χ1v) is 14.0. The van der Waals surface area contributed by atoms with E-state index in [2.05, 4.69) is 5.32 Å². The summed E-state index contributed by atoms with van der Waals surface area (Å²) < 4.78 is 1.82. The molecule has 0 aliphatic carbocycles. The van der Waals surface area contributed by atoms with Crippen LogP contribution in [0.5, 0.6) is 0 Å². The summed E-state index contributed by atoms with van der Waals surface area (Å²) in [5.41, 5.74) is 3.83. The standard InChI is InChI=1S/C29H23ClN4OS2/c30-23-17-15-21(16-18-23)19-36-26-14-8-7-13-25(26)31-27(35)20-37-29-32-28(22-9-3-1-4-10-22)34(33-29)24-11-5-2-6-12-24/h1-18H,19-20H2,(H,31,35). The van der Waals surface area contributed by atoms with E-state index < -0.39 is 0 Å². The Morgan fingerprint density at radius 1 is 0.811 bits per heavy atom. The summed E-state index contributed by atoms with van der Waals surface area (Å²) in [6.07, 6.45) is 0. The van der Waals surface area contributed by atoms with Crippen LogP contribution in [0.4, 0.5) is 5.69 Å². The molecule has 37 heavy (non-hydrogen) atoms. The first-order valence-electron chi connectivity index (χ1n) is 11.6. The van der Waals surface area contributed by atoms with Crippen LogP contribution in [0.3, 0.4) is 0 Å². The van der Waals surface area contributed by atoms with Crippen LogP contribution >= 0.6 is 35.1 Å². The molecule has 0 aliphatic rings. The third-order valence-electron chi connectivity index (χ3n) is 5.42. The summed E-state index contributed by atoms with van der Waals surface area (Å²) in [4.78, 5) is 18.6. The molecule has 1 aromatic heterocycles. The van der Waals surface area contributed by atoms with Crippen molar-refractivity contribution in [1.29, 1.82) is 0 Å². The molecule has 0 fully saturated rings. The molecule has 0 unspecified atom stereocenters. The summed E-state index contributed by atoms with van der Waals surface area (Å²) in [6, 6.07) is 35.4. The molecule has 0 spiro atoms. The first-order chi connectivity index (χ1) is 18.2. The van der Waals surface area contributed by atoms with Gasteiger partial charge in [0.1, 0.15) is 0 Å². The molecular formula is C29H23ClN4OS2. The van der Waals surface area contributed by atoms with Gasteiger partial charge >= 0.3 is 0 Å².